The number of carboxylic acids is 1. The van der Waals surface area contributed by atoms with Crippen molar-refractivity contribution in [1.82, 2.24) is 0 Å². The summed E-state index contributed by atoms with van der Waals surface area (Å²) >= 11 is 0. The van der Waals surface area contributed by atoms with Gasteiger partial charge in [0.1, 0.15) is 18.8 Å². The monoisotopic (exact) mass is 302 g/mol. The van der Waals surface area contributed by atoms with E-state index in [1.807, 2.05) is 0 Å². The lowest BCUT2D eigenvalue weighted by Crippen LogP contribution is -2.20. The summed E-state index contributed by atoms with van der Waals surface area (Å²) in [6, 6.07) is 0. The zero-order chi connectivity index (χ0) is 15.8. The van der Waals surface area contributed by atoms with Gasteiger partial charge in [-0.05, 0) is 13.8 Å². The molecule has 0 radical (unpaired) electrons. The van der Waals surface area contributed by atoms with Gasteiger partial charge in [-0.15, -0.1) is 0 Å². The molecule has 0 aromatic rings. The molecule has 0 aromatic heterocycles. The summed E-state index contributed by atoms with van der Waals surface area (Å²) in [5.41, 5.74) is 0. The summed E-state index contributed by atoms with van der Waals surface area (Å²) in [5.74, 6) is -1.89. The number of carbonyl (C=O) groups excluding carboxylic acids is 1. The van der Waals surface area contributed by atoms with Crippen molar-refractivity contribution in [3.05, 3.63) is 0 Å². The van der Waals surface area contributed by atoms with E-state index in [2.05, 4.69) is 4.74 Å². The second kappa shape index (κ2) is 20.1. The minimum absolute atomic E-state index is 0. The van der Waals surface area contributed by atoms with Gasteiger partial charge in [0.25, 0.3) is 0 Å². The molecule has 9 heteroatoms. The molecule has 0 aromatic carbocycles. The number of esters is 1. The zero-order valence-corrected chi connectivity index (χ0v) is 10.9. The lowest BCUT2D eigenvalue weighted by molar-refractivity contribution is -0.153. The number of aliphatic hydroxyl groups is 5. The predicted molar refractivity (Wildman–Crippen MR) is 69.9 cm³/mol. The van der Waals surface area contributed by atoms with Gasteiger partial charge < -0.3 is 35.4 Å². The third kappa shape index (κ3) is 30.1. The molecule has 0 heterocycles. The average Bonchev–Trinajstić information content (AvgIpc) is 2.36. The van der Waals surface area contributed by atoms with Crippen LogP contribution in [0.25, 0.3) is 0 Å². The van der Waals surface area contributed by atoms with Gasteiger partial charge in [0.2, 0.25) is 0 Å². The molecule has 0 fully saturated rings. The van der Waals surface area contributed by atoms with Crippen molar-refractivity contribution in [2.24, 2.45) is 0 Å². The van der Waals surface area contributed by atoms with E-state index in [0.29, 0.717) is 0 Å². The minimum Gasteiger partial charge on any atom is -0.479 e. The van der Waals surface area contributed by atoms with Gasteiger partial charge in [0.05, 0.1) is 19.8 Å². The van der Waals surface area contributed by atoms with Gasteiger partial charge in [-0.2, -0.15) is 0 Å². The van der Waals surface area contributed by atoms with Crippen LogP contribution < -0.4 is 0 Å². The van der Waals surface area contributed by atoms with Gasteiger partial charge in [0.15, 0.2) is 0 Å². The highest BCUT2D eigenvalue weighted by atomic mass is 16.6. The maximum absolute atomic E-state index is 10.3. The number of hydrogen-bond donors (Lipinski definition) is 6. The molecule has 0 rings (SSSR count). The molecule has 0 spiro atoms. The summed E-state index contributed by atoms with van der Waals surface area (Å²) in [5, 5.41) is 47.7. The third-order valence-electron chi connectivity index (χ3n) is 1.13. The molecular formula is C11H26O9. The number of carbonyl (C=O) groups is 2. The van der Waals surface area contributed by atoms with E-state index in [4.69, 9.17) is 30.6 Å². The normalized spacial score (nSPS) is 11.3. The Morgan fingerprint density at radius 2 is 1.30 bits per heavy atom. The van der Waals surface area contributed by atoms with Crippen LogP contribution in [0.3, 0.4) is 0 Å². The van der Waals surface area contributed by atoms with Crippen LogP contribution in [0.4, 0.5) is 0 Å². The molecule has 2 atom stereocenters. The second-order valence-corrected chi connectivity index (χ2v) is 3.03. The molecular weight excluding hydrogens is 276 g/mol. The van der Waals surface area contributed by atoms with Crippen molar-refractivity contribution in [3.8, 4) is 0 Å². The van der Waals surface area contributed by atoms with Crippen LogP contribution in [-0.4, -0.2) is 81.2 Å². The third-order valence-corrected chi connectivity index (χ3v) is 1.13. The fourth-order valence-corrected chi connectivity index (χ4v) is 0.267. The van der Waals surface area contributed by atoms with Crippen LogP contribution >= 0.6 is 0 Å². The van der Waals surface area contributed by atoms with Crippen molar-refractivity contribution in [2.75, 3.05) is 26.4 Å². The number of carboxylic acid groups (broad SMARTS) is 1. The molecule has 0 saturated carbocycles. The second-order valence-electron chi connectivity index (χ2n) is 3.03. The molecule has 124 valence electrons. The van der Waals surface area contributed by atoms with Crippen LogP contribution in [0.1, 0.15) is 21.3 Å². The van der Waals surface area contributed by atoms with E-state index in [1.165, 1.54) is 13.8 Å². The van der Waals surface area contributed by atoms with Crippen LogP contribution in [0.2, 0.25) is 0 Å². The van der Waals surface area contributed by atoms with Crippen molar-refractivity contribution >= 4 is 11.9 Å². The van der Waals surface area contributed by atoms with E-state index in [-0.39, 0.29) is 33.9 Å². The molecule has 2 unspecified atom stereocenters. The Morgan fingerprint density at radius 3 is 1.45 bits per heavy atom. The Bertz CT molecular complexity index is 214. The Morgan fingerprint density at radius 1 is 0.950 bits per heavy atom. The van der Waals surface area contributed by atoms with Gasteiger partial charge >= 0.3 is 11.9 Å². The van der Waals surface area contributed by atoms with Crippen molar-refractivity contribution in [2.45, 2.75) is 33.5 Å². The van der Waals surface area contributed by atoms with E-state index in [9.17, 15) is 9.59 Å². The number of hydrogen-bond acceptors (Lipinski definition) is 8. The fraction of sp³-hybridized carbons (Fsp3) is 0.818. The van der Waals surface area contributed by atoms with Crippen molar-refractivity contribution < 1.29 is 45.0 Å². The SMILES string of the molecule is C.CC(O)C(=O)O.CC(O)C(=O)OCCO.OCCO. The molecule has 0 bridgehead atoms. The van der Waals surface area contributed by atoms with E-state index >= 15 is 0 Å². The highest BCUT2D eigenvalue weighted by molar-refractivity contribution is 5.73. The first-order valence-corrected chi connectivity index (χ1v) is 5.32. The van der Waals surface area contributed by atoms with Gasteiger partial charge in [-0.1, -0.05) is 7.43 Å². The summed E-state index contributed by atoms with van der Waals surface area (Å²) in [4.78, 5) is 19.8. The van der Waals surface area contributed by atoms with Crippen LogP contribution in [0.15, 0.2) is 0 Å². The zero-order valence-electron chi connectivity index (χ0n) is 10.9. The molecule has 0 aliphatic rings. The molecule has 0 aliphatic carbocycles. The quantitative estimate of drug-likeness (QED) is 0.314. The number of aliphatic hydroxyl groups excluding tert-OH is 5. The first-order valence-electron chi connectivity index (χ1n) is 5.32. The van der Waals surface area contributed by atoms with Crippen LogP contribution in [0, 0.1) is 0 Å². The number of ether oxygens (including phenoxy) is 1. The summed E-state index contributed by atoms with van der Waals surface area (Å²) < 4.78 is 4.31. The van der Waals surface area contributed by atoms with Crippen molar-refractivity contribution in [3.63, 3.8) is 0 Å². The first kappa shape index (κ1) is 27.1. The van der Waals surface area contributed by atoms with E-state index in [1.54, 1.807) is 0 Å². The molecule has 0 aliphatic heterocycles. The van der Waals surface area contributed by atoms with Crippen LogP contribution in [0.5, 0.6) is 0 Å². The largest absolute Gasteiger partial charge is 0.479 e. The lowest BCUT2D eigenvalue weighted by Gasteiger charge is -2.02. The maximum Gasteiger partial charge on any atom is 0.334 e. The summed E-state index contributed by atoms with van der Waals surface area (Å²) in [6.07, 6.45) is -2.33. The molecule has 9 nitrogen and oxygen atoms in total. The van der Waals surface area contributed by atoms with E-state index < -0.39 is 24.1 Å². The molecule has 0 saturated heterocycles. The highest BCUT2D eigenvalue weighted by Crippen LogP contribution is 1.84. The van der Waals surface area contributed by atoms with Gasteiger partial charge in [0, 0.05) is 0 Å². The molecule has 0 amide bonds. The summed E-state index contributed by atoms with van der Waals surface area (Å²) in [7, 11) is 0. The standard InChI is InChI=1S/C5H10O4.C3H6O3.C2H6O2.CH4/c1-4(7)5(8)9-3-2-6;1-2(4)3(5)6;3-1-2-4;/h4,6-7H,2-3H2,1H3;2,4H,1H3,(H,5,6);3-4H,1-2H2;1H4. The number of rotatable bonds is 5. The Kier molecular flexibility index (Phi) is 27.2. The first-order chi connectivity index (χ1) is 8.74. The predicted octanol–water partition coefficient (Wildman–Crippen LogP) is -2.04. The Balaban J connectivity index is -0.000000102. The van der Waals surface area contributed by atoms with E-state index in [0.717, 1.165) is 0 Å². The van der Waals surface area contributed by atoms with Crippen LogP contribution in [-0.2, 0) is 14.3 Å². The molecule has 6 N–H and O–H groups in total. The Labute approximate surface area is 118 Å². The maximum atomic E-state index is 10.3. The topological polar surface area (TPSA) is 165 Å². The summed E-state index contributed by atoms with van der Waals surface area (Å²) in [6.45, 7) is 1.99. The average molecular weight is 302 g/mol. The Hall–Kier alpha value is -1.26. The minimum atomic E-state index is -1.23. The smallest absolute Gasteiger partial charge is 0.334 e. The fourth-order valence-electron chi connectivity index (χ4n) is 0.267. The van der Waals surface area contributed by atoms with Gasteiger partial charge in [-0.25, -0.2) is 9.59 Å². The lowest BCUT2D eigenvalue weighted by atomic mass is 10.4. The van der Waals surface area contributed by atoms with Gasteiger partial charge in [-0.3, -0.25) is 0 Å². The highest BCUT2D eigenvalue weighted by Gasteiger charge is 2.08. The molecule has 20 heavy (non-hydrogen) atoms. The number of aliphatic carboxylic acids is 1. The van der Waals surface area contributed by atoms with Crippen molar-refractivity contribution in [1.29, 1.82) is 0 Å².